The topological polar surface area (TPSA) is 64.3 Å². The quantitative estimate of drug-likeness (QED) is 0.823. The highest BCUT2D eigenvalue weighted by Crippen LogP contribution is 2.34. The van der Waals surface area contributed by atoms with Crippen molar-refractivity contribution < 1.29 is 9.53 Å². The molecule has 0 aromatic heterocycles. The van der Waals surface area contributed by atoms with Crippen LogP contribution in [0.3, 0.4) is 0 Å². The third-order valence-electron chi connectivity index (χ3n) is 3.57. The van der Waals surface area contributed by atoms with Gasteiger partial charge in [-0.25, -0.2) is 0 Å². The molecular formula is C13H17ClN2O2. The molecule has 1 saturated carbocycles. The van der Waals surface area contributed by atoms with Gasteiger partial charge in [0, 0.05) is 13.7 Å². The van der Waals surface area contributed by atoms with Gasteiger partial charge in [-0.2, -0.15) is 0 Å². The number of nitrogen functional groups attached to an aromatic ring is 1. The number of benzene rings is 1. The molecule has 0 atom stereocenters. The minimum Gasteiger partial charge on any atom is -0.397 e. The number of hydrogen-bond acceptors (Lipinski definition) is 3. The zero-order chi connectivity index (χ0) is 13.2. The van der Waals surface area contributed by atoms with Crippen molar-refractivity contribution in [1.82, 2.24) is 5.32 Å². The number of anilines is 1. The average molecular weight is 269 g/mol. The van der Waals surface area contributed by atoms with Gasteiger partial charge in [0.05, 0.1) is 21.9 Å². The van der Waals surface area contributed by atoms with Crippen LogP contribution in [0, 0.1) is 0 Å². The molecule has 1 aromatic rings. The third-order valence-corrected chi connectivity index (χ3v) is 3.90. The predicted octanol–water partition coefficient (Wildman–Crippen LogP) is 2.22. The number of para-hydroxylation sites is 1. The maximum atomic E-state index is 12.0. The van der Waals surface area contributed by atoms with Gasteiger partial charge in [0.1, 0.15) is 0 Å². The highest BCUT2D eigenvalue weighted by atomic mass is 35.5. The van der Waals surface area contributed by atoms with Crippen molar-refractivity contribution in [2.75, 3.05) is 19.4 Å². The van der Waals surface area contributed by atoms with E-state index in [9.17, 15) is 4.79 Å². The van der Waals surface area contributed by atoms with Crippen LogP contribution in [0.2, 0.25) is 5.02 Å². The Hall–Kier alpha value is -1.26. The van der Waals surface area contributed by atoms with E-state index in [1.807, 2.05) is 0 Å². The fourth-order valence-corrected chi connectivity index (χ4v) is 2.27. The Morgan fingerprint density at radius 3 is 2.83 bits per heavy atom. The second kappa shape index (κ2) is 5.16. The minimum atomic E-state index is -0.210. The van der Waals surface area contributed by atoms with Crippen molar-refractivity contribution in [2.45, 2.75) is 24.9 Å². The van der Waals surface area contributed by atoms with Crippen LogP contribution in [-0.2, 0) is 4.74 Å². The van der Waals surface area contributed by atoms with Gasteiger partial charge in [0.15, 0.2) is 0 Å². The highest BCUT2D eigenvalue weighted by molar-refractivity contribution is 6.33. The van der Waals surface area contributed by atoms with E-state index < -0.39 is 0 Å². The molecule has 0 heterocycles. The summed E-state index contributed by atoms with van der Waals surface area (Å²) in [7, 11) is 1.68. The van der Waals surface area contributed by atoms with Crippen LogP contribution < -0.4 is 11.1 Å². The van der Waals surface area contributed by atoms with Crippen LogP contribution in [0.5, 0.6) is 0 Å². The maximum Gasteiger partial charge on any atom is 0.253 e. The fourth-order valence-electron chi connectivity index (χ4n) is 2.10. The largest absolute Gasteiger partial charge is 0.397 e. The summed E-state index contributed by atoms with van der Waals surface area (Å²) in [4.78, 5) is 12.0. The lowest BCUT2D eigenvalue weighted by atomic mass is 9.80. The molecule has 1 aromatic carbocycles. The number of hydrogen-bond donors (Lipinski definition) is 2. The molecule has 2 rings (SSSR count). The number of carbonyl (C=O) groups is 1. The van der Waals surface area contributed by atoms with Crippen LogP contribution in [-0.4, -0.2) is 25.2 Å². The Kier molecular flexibility index (Phi) is 3.78. The second-order valence-electron chi connectivity index (χ2n) is 4.62. The minimum absolute atomic E-state index is 0.191. The van der Waals surface area contributed by atoms with Gasteiger partial charge in [-0.15, -0.1) is 0 Å². The molecule has 0 bridgehead atoms. The monoisotopic (exact) mass is 268 g/mol. The first kappa shape index (κ1) is 13.2. The Balaban J connectivity index is 2.02. The number of nitrogens with two attached hydrogens (primary N) is 1. The molecule has 1 aliphatic carbocycles. The Labute approximate surface area is 111 Å². The summed E-state index contributed by atoms with van der Waals surface area (Å²) in [6.07, 6.45) is 3.10. The van der Waals surface area contributed by atoms with E-state index >= 15 is 0 Å². The molecule has 1 fully saturated rings. The van der Waals surface area contributed by atoms with E-state index in [0.29, 0.717) is 22.8 Å². The van der Waals surface area contributed by atoms with Crippen LogP contribution in [0.25, 0.3) is 0 Å². The summed E-state index contributed by atoms with van der Waals surface area (Å²) in [5, 5.41) is 3.25. The first-order valence-corrected chi connectivity index (χ1v) is 6.33. The average Bonchev–Trinajstić information content (AvgIpc) is 2.31. The van der Waals surface area contributed by atoms with Crippen molar-refractivity contribution in [3.8, 4) is 0 Å². The van der Waals surface area contributed by atoms with Crippen molar-refractivity contribution >= 4 is 23.2 Å². The van der Waals surface area contributed by atoms with E-state index in [1.54, 1.807) is 25.3 Å². The SMILES string of the molecule is COC1(CNC(=O)c2cccc(Cl)c2N)CCC1. The molecule has 0 spiro atoms. The summed E-state index contributed by atoms with van der Waals surface area (Å²) in [6, 6.07) is 5.04. The number of nitrogens with one attached hydrogen (secondary N) is 1. The molecule has 1 amide bonds. The highest BCUT2D eigenvalue weighted by Gasteiger charge is 2.37. The molecule has 98 valence electrons. The summed E-state index contributed by atoms with van der Waals surface area (Å²) in [5.41, 5.74) is 6.31. The van der Waals surface area contributed by atoms with Crippen molar-refractivity contribution in [3.63, 3.8) is 0 Å². The van der Waals surface area contributed by atoms with Gasteiger partial charge in [0.25, 0.3) is 5.91 Å². The maximum absolute atomic E-state index is 12.0. The van der Waals surface area contributed by atoms with E-state index in [0.717, 1.165) is 19.3 Å². The second-order valence-corrected chi connectivity index (χ2v) is 5.03. The molecule has 3 N–H and O–H groups in total. The predicted molar refractivity (Wildman–Crippen MR) is 71.8 cm³/mol. The first-order valence-electron chi connectivity index (χ1n) is 5.95. The van der Waals surface area contributed by atoms with Crippen LogP contribution in [0.4, 0.5) is 5.69 Å². The number of carbonyl (C=O) groups excluding carboxylic acids is 1. The summed E-state index contributed by atoms with van der Waals surface area (Å²) < 4.78 is 5.44. The van der Waals surface area contributed by atoms with Gasteiger partial charge in [-0.3, -0.25) is 4.79 Å². The third kappa shape index (κ3) is 2.44. The number of rotatable bonds is 4. The number of amides is 1. The summed E-state index contributed by atoms with van der Waals surface area (Å²) >= 11 is 5.88. The number of methoxy groups -OCH3 is 1. The fraction of sp³-hybridized carbons (Fsp3) is 0.462. The van der Waals surface area contributed by atoms with Crippen molar-refractivity contribution in [2.24, 2.45) is 0 Å². The Morgan fingerprint density at radius 2 is 2.28 bits per heavy atom. The van der Waals surface area contributed by atoms with Gasteiger partial charge >= 0.3 is 0 Å². The van der Waals surface area contributed by atoms with E-state index in [4.69, 9.17) is 22.1 Å². The lowest BCUT2D eigenvalue weighted by Gasteiger charge is -2.40. The van der Waals surface area contributed by atoms with Gasteiger partial charge < -0.3 is 15.8 Å². The number of halogens is 1. The van der Waals surface area contributed by atoms with Crippen molar-refractivity contribution in [3.05, 3.63) is 28.8 Å². The lowest BCUT2D eigenvalue weighted by molar-refractivity contribution is -0.0679. The molecule has 0 saturated heterocycles. The lowest BCUT2D eigenvalue weighted by Crippen LogP contribution is -2.49. The van der Waals surface area contributed by atoms with Crippen LogP contribution in [0.1, 0.15) is 29.6 Å². The normalized spacial score (nSPS) is 17.0. The zero-order valence-electron chi connectivity index (χ0n) is 10.3. The van der Waals surface area contributed by atoms with Gasteiger partial charge in [-0.1, -0.05) is 17.7 Å². The molecule has 0 unspecified atom stereocenters. The van der Waals surface area contributed by atoms with E-state index in [1.165, 1.54) is 0 Å². The van der Waals surface area contributed by atoms with Crippen molar-refractivity contribution in [1.29, 1.82) is 0 Å². The van der Waals surface area contributed by atoms with Gasteiger partial charge in [-0.05, 0) is 31.4 Å². The van der Waals surface area contributed by atoms with E-state index in [2.05, 4.69) is 5.32 Å². The van der Waals surface area contributed by atoms with Crippen LogP contribution >= 0.6 is 11.6 Å². The smallest absolute Gasteiger partial charge is 0.253 e. The molecule has 0 aliphatic heterocycles. The van der Waals surface area contributed by atoms with E-state index in [-0.39, 0.29) is 11.5 Å². The number of ether oxygens (including phenoxy) is 1. The first-order chi connectivity index (χ1) is 8.58. The molecule has 5 heteroatoms. The molecule has 18 heavy (non-hydrogen) atoms. The molecule has 0 radical (unpaired) electrons. The molecular weight excluding hydrogens is 252 g/mol. The Bertz CT molecular complexity index is 453. The standard InChI is InChI=1S/C13H17ClN2O2/c1-18-13(6-3-7-13)8-16-12(17)9-4-2-5-10(14)11(9)15/h2,4-5H,3,6-8,15H2,1H3,(H,16,17). The molecule has 1 aliphatic rings. The van der Waals surface area contributed by atoms with Gasteiger partial charge in [0.2, 0.25) is 0 Å². The summed E-state index contributed by atoms with van der Waals surface area (Å²) in [5.74, 6) is -0.210. The Morgan fingerprint density at radius 1 is 1.56 bits per heavy atom. The summed E-state index contributed by atoms with van der Waals surface area (Å²) in [6.45, 7) is 0.508. The van der Waals surface area contributed by atoms with Crippen LogP contribution in [0.15, 0.2) is 18.2 Å². The molecule has 4 nitrogen and oxygen atoms in total. The zero-order valence-corrected chi connectivity index (χ0v) is 11.1.